The minimum absolute atomic E-state index is 0.227. The number of hydrogen-bond donors (Lipinski definition) is 1. The van der Waals surface area contributed by atoms with E-state index in [1.54, 1.807) is 0 Å². The third-order valence-electron chi connectivity index (χ3n) is 5.37. The van der Waals surface area contributed by atoms with E-state index in [-0.39, 0.29) is 11.9 Å². The monoisotopic (exact) mass is 297 g/mol. The maximum Gasteiger partial charge on any atom is 0.326 e. The Morgan fingerprint density at radius 1 is 1.33 bits per heavy atom. The summed E-state index contributed by atoms with van der Waals surface area (Å²) < 4.78 is 4.92. The number of esters is 1. The lowest BCUT2D eigenvalue weighted by molar-refractivity contribution is -0.148. The van der Waals surface area contributed by atoms with E-state index in [1.807, 2.05) is 0 Å². The Hall–Kier alpha value is -0.650. The standard InChI is InChI=1S/C16H31N3O2/c1-13(2)19-11-9-18(10-12-19)8-6-14-5-4-7-16(14,17)15(20)21-3/h13-14H,4-12,17H2,1-3H3. The number of rotatable bonds is 5. The van der Waals surface area contributed by atoms with Crippen molar-refractivity contribution in [2.75, 3.05) is 39.8 Å². The summed E-state index contributed by atoms with van der Waals surface area (Å²) in [7, 11) is 1.44. The van der Waals surface area contributed by atoms with Gasteiger partial charge in [0.25, 0.3) is 0 Å². The van der Waals surface area contributed by atoms with E-state index < -0.39 is 5.54 Å². The van der Waals surface area contributed by atoms with Crippen LogP contribution in [0.5, 0.6) is 0 Å². The van der Waals surface area contributed by atoms with E-state index in [9.17, 15) is 4.79 Å². The smallest absolute Gasteiger partial charge is 0.326 e. The number of hydrogen-bond acceptors (Lipinski definition) is 5. The van der Waals surface area contributed by atoms with Crippen LogP contribution in [-0.4, -0.2) is 67.2 Å². The van der Waals surface area contributed by atoms with E-state index in [2.05, 4.69) is 23.6 Å². The van der Waals surface area contributed by atoms with E-state index in [0.717, 1.165) is 58.4 Å². The van der Waals surface area contributed by atoms with Gasteiger partial charge in [-0.3, -0.25) is 9.69 Å². The molecule has 1 saturated carbocycles. The van der Waals surface area contributed by atoms with Gasteiger partial charge in [0.1, 0.15) is 5.54 Å². The molecule has 0 radical (unpaired) electrons. The first kappa shape index (κ1) is 16.7. The van der Waals surface area contributed by atoms with Crippen LogP contribution in [0.2, 0.25) is 0 Å². The molecule has 0 amide bonds. The average Bonchev–Trinajstić information content (AvgIpc) is 2.87. The molecule has 0 spiro atoms. The highest BCUT2D eigenvalue weighted by Crippen LogP contribution is 2.37. The van der Waals surface area contributed by atoms with Crippen molar-refractivity contribution in [3.8, 4) is 0 Å². The molecule has 2 rings (SSSR count). The van der Waals surface area contributed by atoms with Crippen LogP contribution in [0.1, 0.15) is 39.5 Å². The summed E-state index contributed by atoms with van der Waals surface area (Å²) in [6.07, 6.45) is 3.87. The summed E-state index contributed by atoms with van der Waals surface area (Å²) >= 11 is 0. The maximum atomic E-state index is 11.9. The molecule has 5 nitrogen and oxygen atoms in total. The van der Waals surface area contributed by atoms with Gasteiger partial charge in [-0.25, -0.2) is 0 Å². The fourth-order valence-corrected chi connectivity index (χ4v) is 3.81. The summed E-state index contributed by atoms with van der Waals surface area (Å²) in [5.74, 6) is 0.0442. The van der Waals surface area contributed by atoms with Gasteiger partial charge < -0.3 is 15.4 Å². The predicted molar refractivity (Wildman–Crippen MR) is 84.0 cm³/mol. The quantitative estimate of drug-likeness (QED) is 0.769. The number of piperazine rings is 1. The Morgan fingerprint density at radius 2 is 2.00 bits per heavy atom. The van der Waals surface area contributed by atoms with Crippen molar-refractivity contribution in [3.63, 3.8) is 0 Å². The Bertz CT molecular complexity index is 353. The average molecular weight is 297 g/mol. The second kappa shape index (κ2) is 7.07. The lowest BCUT2D eigenvalue weighted by Crippen LogP contribution is -2.53. The lowest BCUT2D eigenvalue weighted by Gasteiger charge is -2.38. The van der Waals surface area contributed by atoms with Crippen LogP contribution in [-0.2, 0) is 9.53 Å². The normalized spacial score (nSPS) is 31.8. The SMILES string of the molecule is COC(=O)C1(N)CCCC1CCN1CCN(C(C)C)CC1. The van der Waals surface area contributed by atoms with Crippen molar-refractivity contribution in [2.45, 2.75) is 51.1 Å². The zero-order chi connectivity index (χ0) is 15.5. The van der Waals surface area contributed by atoms with Crippen molar-refractivity contribution >= 4 is 5.97 Å². The van der Waals surface area contributed by atoms with Gasteiger partial charge in [0.15, 0.2) is 0 Å². The van der Waals surface area contributed by atoms with Gasteiger partial charge in [-0.15, -0.1) is 0 Å². The van der Waals surface area contributed by atoms with Crippen LogP contribution in [0.25, 0.3) is 0 Å². The molecule has 2 N–H and O–H groups in total. The molecule has 2 aliphatic rings. The lowest BCUT2D eigenvalue weighted by atomic mass is 9.85. The van der Waals surface area contributed by atoms with Gasteiger partial charge in [0, 0.05) is 32.2 Å². The number of nitrogens with two attached hydrogens (primary N) is 1. The molecule has 122 valence electrons. The first-order chi connectivity index (χ1) is 9.97. The summed E-state index contributed by atoms with van der Waals surface area (Å²) in [6, 6.07) is 0.637. The minimum atomic E-state index is -0.742. The van der Waals surface area contributed by atoms with Crippen LogP contribution in [0, 0.1) is 5.92 Å². The second-order valence-corrected chi connectivity index (χ2v) is 6.88. The second-order valence-electron chi connectivity index (χ2n) is 6.88. The molecule has 5 heteroatoms. The third-order valence-corrected chi connectivity index (χ3v) is 5.37. The molecular weight excluding hydrogens is 266 g/mol. The van der Waals surface area contributed by atoms with Crippen molar-refractivity contribution in [1.29, 1.82) is 0 Å². The highest BCUT2D eigenvalue weighted by molar-refractivity contribution is 5.81. The summed E-state index contributed by atoms with van der Waals surface area (Å²) in [6.45, 7) is 10.1. The fourth-order valence-electron chi connectivity index (χ4n) is 3.81. The van der Waals surface area contributed by atoms with Gasteiger partial charge in [0.05, 0.1) is 7.11 Å². The molecule has 21 heavy (non-hydrogen) atoms. The van der Waals surface area contributed by atoms with Crippen LogP contribution >= 0.6 is 0 Å². The molecule has 1 aliphatic heterocycles. The molecular formula is C16H31N3O2. The van der Waals surface area contributed by atoms with Crippen LogP contribution in [0.3, 0.4) is 0 Å². The maximum absolute atomic E-state index is 11.9. The van der Waals surface area contributed by atoms with E-state index >= 15 is 0 Å². The van der Waals surface area contributed by atoms with Crippen LogP contribution < -0.4 is 5.73 Å². The number of ether oxygens (including phenoxy) is 1. The third kappa shape index (κ3) is 3.76. The van der Waals surface area contributed by atoms with Crippen LogP contribution in [0.4, 0.5) is 0 Å². The van der Waals surface area contributed by atoms with E-state index in [0.29, 0.717) is 6.04 Å². The summed E-state index contributed by atoms with van der Waals surface area (Å²) in [4.78, 5) is 17.0. The molecule has 2 fully saturated rings. The fraction of sp³-hybridized carbons (Fsp3) is 0.938. The Labute approximate surface area is 128 Å². The molecule has 0 aromatic carbocycles. The Balaban J connectivity index is 1.79. The number of carbonyl (C=O) groups is 1. The van der Waals surface area contributed by atoms with Gasteiger partial charge in [-0.2, -0.15) is 0 Å². The first-order valence-corrected chi connectivity index (χ1v) is 8.31. The van der Waals surface area contributed by atoms with Gasteiger partial charge in [0.2, 0.25) is 0 Å². The summed E-state index contributed by atoms with van der Waals surface area (Å²) in [5, 5.41) is 0. The number of nitrogens with zero attached hydrogens (tertiary/aromatic N) is 2. The number of methoxy groups -OCH3 is 1. The van der Waals surface area contributed by atoms with Crippen molar-refractivity contribution < 1.29 is 9.53 Å². The Kier molecular flexibility index (Phi) is 5.63. The molecule has 1 aliphatic carbocycles. The molecule has 1 heterocycles. The molecule has 0 aromatic heterocycles. The Morgan fingerprint density at radius 3 is 2.57 bits per heavy atom. The van der Waals surface area contributed by atoms with Gasteiger partial charge in [-0.05, 0) is 45.6 Å². The minimum Gasteiger partial charge on any atom is -0.468 e. The van der Waals surface area contributed by atoms with Gasteiger partial charge >= 0.3 is 5.97 Å². The first-order valence-electron chi connectivity index (χ1n) is 8.31. The largest absolute Gasteiger partial charge is 0.468 e. The predicted octanol–water partition coefficient (Wildman–Crippen LogP) is 1.07. The molecule has 0 aromatic rings. The highest BCUT2D eigenvalue weighted by atomic mass is 16.5. The van der Waals surface area contributed by atoms with Crippen LogP contribution in [0.15, 0.2) is 0 Å². The number of carbonyl (C=O) groups excluding carboxylic acids is 1. The zero-order valence-electron chi connectivity index (χ0n) is 13.8. The molecule has 0 bridgehead atoms. The van der Waals surface area contributed by atoms with E-state index in [4.69, 9.17) is 10.5 Å². The highest BCUT2D eigenvalue weighted by Gasteiger charge is 2.46. The molecule has 1 saturated heterocycles. The zero-order valence-corrected chi connectivity index (χ0v) is 13.8. The molecule has 2 atom stereocenters. The summed E-state index contributed by atoms with van der Waals surface area (Å²) in [5.41, 5.74) is 5.59. The van der Waals surface area contributed by atoms with Gasteiger partial charge in [-0.1, -0.05) is 6.42 Å². The van der Waals surface area contributed by atoms with Crippen molar-refractivity contribution in [1.82, 2.24) is 9.80 Å². The van der Waals surface area contributed by atoms with Crippen molar-refractivity contribution in [3.05, 3.63) is 0 Å². The molecule has 2 unspecified atom stereocenters. The van der Waals surface area contributed by atoms with E-state index in [1.165, 1.54) is 7.11 Å². The topological polar surface area (TPSA) is 58.8 Å². The van der Waals surface area contributed by atoms with Crippen molar-refractivity contribution in [2.24, 2.45) is 11.7 Å².